The summed E-state index contributed by atoms with van der Waals surface area (Å²) < 4.78 is 35.0. The van der Waals surface area contributed by atoms with Gasteiger partial charge in [-0.2, -0.15) is 0 Å². The average molecular weight is 869 g/mol. The van der Waals surface area contributed by atoms with Crippen molar-refractivity contribution >= 4 is 33.4 Å². The molecule has 7 aromatic carbocycles. The van der Waals surface area contributed by atoms with Crippen LogP contribution >= 0.6 is 23.5 Å². The van der Waals surface area contributed by atoms with Crippen LogP contribution in [0.5, 0.6) is 46.0 Å². The number of phenolic OH excluding ortho intramolecular Hbond substituents is 6. The molecule has 0 aromatic heterocycles. The van der Waals surface area contributed by atoms with E-state index >= 15 is 0 Å². The minimum atomic E-state index is -3.59. The highest BCUT2D eigenvalue weighted by molar-refractivity contribution is 7.99. The predicted octanol–water partition coefficient (Wildman–Crippen LogP) is 9.64. The Hall–Kier alpha value is -6.45. The molecule has 312 valence electrons. The summed E-state index contributed by atoms with van der Waals surface area (Å²) in [6.07, 6.45) is 2.04. The standard InChI is InChI=1S/C14H14O4.C12H10O4S.C12H10O2S.C8H10OS/c15-11-3-1-5-13(9-11)17-7-8-18-14-6-2-4-12(16)10-14;13-9-1-5-11(6-2-9)17(15,16)12-7-3-10(14)4-8-12;13-9-1-5-11(6-2-9)15-12-7-3-10(14)4-8-12;1-10-8-4-2-7(6-9)3-5-8/h1-6,9-10,15-16H,7-8H2;1-8,13-14H;1-8,13-14H;2-5,9H,6H2,1H3. The third-order valence-electron chi connectivity index (χ3n) is 7.80. The van der Waals surface area contributed by atoms with Gasteiger partial charge in [0.2, 0.25) is 9.84 Å². The molecule has 0 amide bonds. The van der Waals surface area contributed by atoms with Crippen LogP contribution in [-0.2, 0) is 16.4 Å². The highest BCUT2D eigenvalue weighted by Crippen LogP contribution is 2.30. The van der Waals surface area contributed by atoms with Gasteiger partial charge in [0.1, 0.15) is 59.2 Å². The lowest BCUT2D eigenvalue weighted by atomic mass is 10.2. The van der Waals surface area contributed by atoms with Gasteiger partial charge in [-0.1, -0.05) is 36.0 Å². The first-order valence-corrected chi connectivity index (χ1v) is 21.5. The van der Waals surface area contributed by atoms with Crippen LogP contribution in [0.2, 0.25) is 0 Å². The molecular weight excluding hydrogens is 825 g/mol. The summed E-state index contributed by atoms with van der Waals surface area (Å²) in [6, 6.07) is 45.7. The Balaban J connectivity index is 0.000000180. The van der Waals surface area contributed by atoms with E-state index in [1.807, 2.05) is 54.8 Å². The molecule has 0 heterocycles. The SMILES string of the molecule is CSc1ccc(CO)cc1.O=S(=O)(c1ccc(O)cc1)c1ccc(O)cc1.Oc1ccc(Sc2ccc(O)cc2)cc1.Oc1cccc(OCCOc2cccc(O)c2)c1. The molecule has 7 N–H and O–H groups in total. The predicted molar refractivity (Wildman–Crippen MR) is 233 cm³/mol. The summed E-state index contributed by atoms with van der Waals surface area (Å²) in [5.41, 5.74) is 0.970. The Kier molecular flexibility index (Phi) is 18.4. The topological polar surface area (TPSA) is 194 Å². The van der Waals surface area contributed by atoms with Crippen molar-refractivity contribution in [2.45, 2.75) is 31.1 Å². The van der Waals surface area contributed by atoms with Gasteiger partial charge in [-0.05, 0) is 145 Å². The quantitative estimate of drug-likeness (QED) is 0.0480. The monoisotopic (exact) mass is 868 g/mol. The minimum Gasteiger partial charge on any atom is -0.508 e. The van der Waals surface area contributed by atoms with Gasteiger partial charge in [0.05, 0.1) is 16.4 Å². The van der Waals surface area contributed by atoms with E-state index in [1.54, 1.807) is 84.2 Å². The maximum absolute atomic E-state index is 12.1. The number of aromatic hydroxyl groups is 6. The second-order valence-corrected chi connectivity index (χ2v) is 16.3. The number of ether oxygens (including phenoxy) is 2. The van der Waals surface area contributed by atoms with Crippen molar-refractivity contribution in [2.24, 2.45) is 0 Å². The first-order chi connectivity index (χ1) is 28.8. The lowest BCUT2D eigenvalue weighted by Crippen LogP contribution is -2.08. The van der Waals surface area contributed by atoms with Gasteiger partial charge in [0, 0.05) is 26.8 Å². The van der Waals surface area contributed by atoms with Gasteiger partial charge in [0.25, 0.3) is 0 Å². The molecule has 0 spiro atoms. The molecule has 0 aliphatic heterocycles. The number of hydrogen-bond acceptors (Lipinski definition) is 13. The summed E-state index contributed by atoms with van der Waals surface area (Å²) in [6.45, 7) is 0.854. The molecular formula is C46H44O11S3. The average Bonchev–Trinajstić information content (AvgIpc) is 3.25. The molecule has 0 aliphatic carbocycles. The lowest BCUT2D eigenvalue weighted by Gasteiger charge is -2.08. The molecule has 0 bridgehead atoms. The Morgan fingerprint density at radius 2 is 0.800 bits per heavy atom. The summed E-state index contributed by atoms with van der Waals surface area (Å²) in [4.78, 5) is 3.54. The molecule has 7 rings (SSSR count). The zero-order chi connectivity index (χ0) is 43.3. The number of rotatable bonds is 11. The van der Waals surface area contributed by atoms with Crippen molar-refractivity contribution in [3.63, 3.8) is 0 Å². The maximum Gasteiger partial charge on any atom is 0.206 e. The molecule has 0 saturated carbocycles. The second kappa shape index (κ2) is 23.8. The first-order valence-electron chi connectivity index (χ1n) is 18.0. The summed E-state index contributed by atoms with van der Waals surface area (Å²) in [7, 11) is -3.59. The Morgan fingerprint density at radius 3 is 1.13 bits per heavy atom. The maximum atomic E-state index is 12.1. The van der Waals surface area contributed by atoms with Crippen molar-refractivity contribution in [3.8, 4) is 46.0 Å². The fourth-order valence-corrected chi connectivity index (χ4v) is 7.23. The molecule has 14 heteroatoms. The van der Waals surface area contributed by atoms with E-state index in [-0.39, 0.29) is 50.9 Å². The minimum absolute atomic E-state index is 0.00894. The number of aliphatic hydroxyl groups excluding tert-OH is 1. The zero-order valence-electron chi connectivity index (χ0n) is 32.3. The van der Waals surface area contributed by atoms with E-state index < -0.39 is 9.84 Å². The highest BCUT2D eigenvalue weighted by Gasteiger charge is 2.17. The largest absolute Gasteiger partial charge is 0.508 e. The van der Waals surface area contributed by atoms with E-state index in [4.69, 9.17) is 35.0 Å². The van der Waals surface area contributed by atoms with E-state index in [9.17, 15) is 18.6 Å². The van der Waals surface area contributed by atoms with Crippen LogP contribution in [0.3, 0.4) is 0 Å². The van der Waals surface area contributed by atoms with Crippen molar-refractivity contribution in [2.75, 3.05) is 19.5 Å². The van der Waals surface area contributed by atoms with Crippen molar-refractivity contribution < 1.29 is 53.6 Å². The van der Waals surface area contributed by atoms with Crippen molar-refractivity contribution in [1.82, 2.24) is 0 Å². The smallest absolute Gasteiger partial charge is 0.206 e. The van der Waals surface area contributed by atoms with E-state index in [2.05, 4.69) is 0 Å². The van der Waals surface area contributed by atoms with Gasteiger partial charge in [-0.3, -0.25) is 0 Å². The molecule has 7 aromatic rings. The molecule has 0 aliphatic rings. The number of benzene rings is 7. The molecule has 11 nitrogen and oxygen atoms in total. The molecule has 0 unspecified atom stereocenters. The Bertz CT molecular complexity index is 2260. The van der Waals surface area contributed by atoms with Crippen LogP contribution in [0, 0.1) is 0 Å². The number of sulfone groups is 1. The number of hydrogen-bond donors (Lipinski definition) is 7. The fourth-order valence-electron chi connectivity index (χ4n) is 4.75. The van der Waals surface area contributed by atoms with E-state index in [0.29, 0.717) is 24.7 Å². The van der Waals surface area contributed by atoms with Crippen molar-refractivity contribution in [1.29, 1.82) is 0 Å². The van der Waals surface area contributed by atoms with Crippen LogP contribution in [0.15, 0.2) is 194 Å². The van der Waals surface area contributed by atoms with E-state index in [1.165, 1.54) is 65.6 Å². The molecule has 0 fully saturated rings. The first kappa shape index (κ1) is 46.2. The number of phenols is 6. The van der Waals surface area contributed by atoms with Crippen LogP contribution in [-0.4, -0.2) is 63.6 Å². The lowest BCUT2D eigenvalue weighted by molar-refractivity contribution is 0.216. The van der Waals surface area contributed by atoms with Crippen molar-refractivity contribution in [3.05, 3.63) is 175 Å². The second-order valence-electron chi connectivity index (χ2n) is 12.3. The van der Waals surface area contributed by atoms with Gasteiger partial charge >= 0.3 is 0 Å². The van der Waals surface area contributed by atoms with Gasteiger partial charge in [-0.25, -0.2) is 8.42 Å². The van der Waals surface area contributed by atoms with Gasteiger partial charge < -0.3 is 45.2 Å². The van der Waals surface area contributed by atoms with Crippen LogP contribution in [0.1, 0.15) is 5.56 Å². The van der Waals surface area contributed by atoms with Crippen LogP contribution in [0.4, 0.5) is 0 Å². The molecule has 0 atom stereocenters. The summed E-state index contributed by atoms with van der Waals surface area (Å²) in [5.74, 6) is 2.08. The number of aliphatic hydroxyl groups is 1. The number of thioether (sulfide) groups is 1. The highest BCUT2D eigenvalue weighted by atomic mass is 32.2. The summed E-state index contributed by atoms with van der Waals surface area (Å²) in [5, 5.41) is 63.6. The Morgan fingerprint density at radius 1 is 0.450 bits per heavy atom. The van der Waals surface area contributed by atoms with E-state index in [0.717, 1.165) is 15.4 Å². The molecule has 0 saturated heterocycles. The van der Waals surface area contributed by atoms with Gasteiger partial charge in [-0.15, -0.1) is 11.8 Å². The summed E-state index contributed by atoms with van der Waals surface area (Å²) >= 11 is 3.29. The fraction of sp³-hybridized carbons (Fsp3) is 0.0870. The third-order valence-corrected chi connectivity index (χ3v) is 11.3. The van der Waals surface area contributed by atoms with Gasteiger partial charge in [0.15, 0.2) is 0 Å². The molecule has 60 heavy (non-hydrogen) atoms. The molecule has 0 radical (unpaired) electrons. The normalized spacial score (nSPS) is 10.4. The third kappa shape index (κ3) is 16.1. The Labute approximate surface area is 357 Å². The van der Waals surface area contributed by atoms with Crippen LogP contribution < -0.4 is 9.47 Å². The van der Waals surface area contributed by atoms with Crippen LogP contribution in [0.25, 0.3) is 0 Å². The zero-order valence-corrected chi connectivity index (χ0v) is 34.7.